The van der Waals surface area contributed by atoms with Crippen LogP contribution in [0.1, 0.15) is 38.3 Å². The number of nitrogens with two attached hydrogens (primary N) is 1. The maximum atomic E-state index is 13.4. The van der Waals surface area contributed by atoms with Gasteiger partial charge in [0, 0.05) is 12.0 Å². The Morgan fingerprint density at radius 3 is 2.06 bits per heavy atom. The van der Waals surface area contributed by atoms with Crippen LogP contribution >= 0.6 is 0 Å². The molecule has 0 bridgehead atoms. The Bertz CT molecular complexity index is 355. The van der Waals surface area contributed by atoms with Crippen LogP contribution in [0, 0.1) is 5.41 Å². The van der Waals surface area contributed by atoms with E-state index in [2.05, 4.69) is 13.8 Å². The second-order valence-corrected chi connectivity index (χ2v) is 5.30. The summed E-state index contributed by atoms with van der Waals surface area (Å²) in [5.41, 5.74) is 6.81. The zero-order chi connectivity index (χ0) is 13.1. The van der Waals surface area contributed by atoms with Gasteiger partial charge in [0.15, 0.2) is 0 Å². The van der Waals surface area contributed by atoms with Crippen LogP contribution in [0.4, 0.5) is 8.78 Å². The van der Waals surface area contributed by atoms with Crippen molar-refractivity contribution in [1.82, 2.24) is 0 Å². The number of halogens is 2. The van der Waals surface area contributed by atoms with Crippen LogP contribution in [0.25, 0.3) is 0 Å². The van der Waals surface area contributed by atoms with Crippen LogP contribution in [0.15, 0.2) is 24.3 Å². The molecule has 0 atom stereocenters. The molecule has 0 fully saturated rings. The molecule has 0 radical (unpaired) electrons. The van der Waals surface area contributed by atoms with Gasteiger partial charge in [-0.05, 0) is 23.9 Å². The minimum absolute atomic E-state index is 0.00872. The van der Waals surface area contributed by atoms with E-state index in [1.807, 2.05) is 0 Å². The lowest BCUT2D eigenvalue weighted by atomic mass is 9.85. The van der Waals surface area contributed by atoms with E-state index in [4.69, 9.17) is 5.73 Å². The second-order valence-electron chi connectivity index (χ2n) is 5.30. The van der Waals surface area contributed by atoms with Crippen molar-refractivity contribution in [1.29, 1.82) is 0 Å². The Balaban J connectivity index is 2.82. The maximum absolute atomic E-state index is 13.4. The number of rotatable bonds is 5. The summed E-state index contributed by atoms with van der Waals surface area (Å²) in [7, 11) is 0. The first-order valence-corrected chi connectivity index (χ1v) is 5.98. The summed E-state index contributed by atoms with van der Waals surface area (Å²) < 4.78 is 26.8. The third kappa shape index (κ3) is 3.77. The zero-order valence-electron chi connectivity index (χ0n) is 10.8. The van der Waals surface area contributed by atoms with Gasteiger partial charge >= 0.3 is 0 Å². The molecule has 0 aliphatic heterocycles. The molecule has 0 saturated heterocycles. The van der Waals surface area contributed by atoms with Crippen molar-refractivity contribution in [2.45, 2.75) is 39.5 Å². The topological polar surface area (TPSA) is 26.0 Å². The fourth-order valence-electron chi connectivity index (χ4n) is 1.70. The Morgan fingerprint density at radius 2 is 1.65 bits per heavy atom. The Morgan fingerprint density at radius 1 is 1.12 bits per heavy atom. The van der Waals surface area contributed by atoms with Gasteiger partial charge in [0.05, 0.1) is 0 Å². The summed E-state index contributed by atoms with van der Waals surface area (Å²) in [6.45, 7) is 6.22. The van der Waals surface area contributed by atoms with Gasteiger partial charge in [0.25, 0.3) is 5.92 Å². The second kappa shape index (κ2) is 5.13. The highest BCUT2D eigenvalue weighted by Crippen LogP contribution is 2.31. The molecule has 1 aromatic carbocycles. The SMILES string of the molecule is CCC(F)(F)c1ccc(CC(C)(C)CN)cc1. The molecule has 1 nitrogen and oxygen atoms in total. The molecule has 0 aliphatic carbocycles. The lowest BCUT2D eigenvalue weighted by Crippen LogP contribution is -2.25. The monoisotopic (exact) mass is 241 g/mol. The van der Waals surface area contributed by atoms with E-state index in [-0.39, 0.29) is 17.4 Å². The van der Waals surface area contributed by atoms with Crippen molar-refractivity contribution in [2.75, 3.05) is 6.54 Å². The minimum Gasteiger partial charge on any atom is -0.330 e. The van der Waals surface area contributed by atoms with Crippen LogP contribution in [0.5, 0.6) is 0 Å². The molecule has 0 saturated carbocycles. The van der Waals surface area contributed by atoms with Crippen LogP contribution in [0.3, 0.4) is 0 Å². The van der Waals surface area contributed by atoms with Gasteiger partial charge < -0.3 is 5.73 Å². The van der Waals surface area contributed by atoms with E-state index in [0.29, 0.717) is 6.54 Å². The molecule has 0 unspecified atom stereocenters. The Hall–Kier alpha value is -0.960. The summed E-state index contributed by atoms with van der Waals surface area (Å²) in [5, 5.41) is 0. The molecule has 0 aromatic heterocycles. The lowest BCUT2D eigenvalue weighted by Gasteiger charge is -2.22. The zero-order valence-corrected chi connectivity index (χ0v) is 10.8. The first kappa shape index (κ1) is 14.1. The maximum Gasteiger partial charge on any atom is 0.273 e. The highest BCUT2D eigenvalue weighted by atomic mass is 19.3. The predicted octanol–water partition coefficient (Wildman–Crippen LogP) is 3.72. The van der Waals surface area contributed by atoms with E-state index in [9.17, 15) is 8.78 Å². The van der Waals surface area contributed by atoms with Crippen molar-refractivity contribution in [3.8, 4) is 0 Å². The van der Waals surface area contributed by atoms with E-state index in [1.165, 1.54) is 19.1 Å². The highest BCUT2D eigenvalue weighted by molar-refractivity contribution is 5.26. The minimum atomic E-state index is -2.72. The normalized spacial score (nSPS) is 12.8. The van der Waals surface area contributed by atoms with E-state index < -0.39 is 5.92 Å². The summed E-state index contributed by atoms with van der Waals surface area (Å²) in [5.74, 6) is -2.72. The molecule has 1 rings (SSSR count). The first-order chi connectivity index (χ1) is 7.80. The molecule has 0 spiro atoms. The van der Waals surface area contributed by atoms with Gasteiger partial charge in [-0.25, -0.2) is 8.78 Å². The molecule has 96 valence electrons. The molecule has 2 N–H and O–H groups in total. The van der Waals surface area contributed by atoms with Crippen LogP contribution in [-0.4, -0.2) is 6.54 Å². The summed E-state index contributed by atoms with van der Waals surface area (Å²) >= 11 is 0. The van der Waals surface area contributed by atoms with Crippen LogP contribution in [-0.2, 0) is 12.3 Å². The molecule has 0 aliphatic rings. The number of hydrogen-bond acceptors (Lipinski definition) is 1. The van der Waals surface area contributed by atoms with Crippen molar-refractivity contribution in [3.05, 3.63) is 35.4 Å². The lowest BCUT2D eigenvalue weighted by molar-refractivity contribution is -0.00829. The molecule has 1 aromatic rings. The van der Waals surface area contributed by atoms with E-state index >= 15 is 0 Å². The molecule has 3 heteroatoms. The predicted molar refractivity (Wildman–Crippen MR) is 67.2 cm³/mol. The van der Waals surface area contributed by atoms with Crippen molar-refractivity contribution in [3.63, 3.8) is 0 Å². The number of hydrogen-bond donors (Lipinski definition) is 1. The Labute approximate surface area is 102 Å². The third-order valence-electron chi connectivity index (χ3n) is 3.06. The van der Waals surface area contributed by atoms with Gasteiger partial charge in [-0.2, -0.15) is 0 Å². The third-order valence-corrected chi connectivity index (χ3v) is 3.06. The van der Waals surface area contributed by atoms with E-state index in [0.717, 1.165) is 12.0 Å². The fraction of sp³-hybridized carbons (Fsp3) is 0.571. The van der Waals surface area contributed by atoms with Gasteiger partial charge in [0.2, 0.25) is 0 Å². The molecular formula is C14H21F2N. The summed E-state index contributed by atoms with van der Waals surface area (Å²) in [4.78, 5) is 0. The van der Waals surface area contributed by atoms with E-state index in [1.54, 1.807) is 12.1 Å². The Kier molecular flexibility index (Phi) is 4.26. The standard InChI is InChI=1S/C14H21F2N/c1-4-14(15,16)12-7-5-11(6-8-12)9-13(2,3)10-17/h5-8H,4,9-10,17H2,1-3H3. The van der Waals surface area contributed by atoms with Gasteiger partial charge in [-0.3, -0.25) is 0 Å². The van der Waals surface area contributed by atoms with Crippen LogP contribution < -0.4 is 5.73 Å². The largest absolute Gasteiger partial charge is 0.330 e. The smallest absolute Gasteiger partial charge is 0.273 e. The summed E-state index contributed by atoms with van der Waals surface area (Å²) in [6, 6.07) is 6.59. The van der Waals surface area contributed by atoms with Crippen LogP contribution in [0.2, 0.25) is 0 Å². The van der Waals surface area contributed by atoms with Crippen molar-refractivity contribution >= 4 is 0 Å². The molecular weight excluding hydrogens is 220 g/mol. The average Bonchev–Trinajstić information content (AvgIpc) is 2.29. The van der Waals surface area contributed by atoms with Crippen molar-refractivity contribution < 1.29 is 8.78 Å². The number of alkyl halides is 2. The van der Waals surface area contributed by atoms with Gasteiger partial charge in [-0.1, -0.05) is 45.0 Å². The van der Waals surface area contributed by atoms with Gasteiger partial charge in [0.1, 0.15) is 0 Å². The van der Waals surface area contributed by atoms with Gasteiger partial charge in [-0.15, -0.1) is 0 Å². The molecule has 0 heterocycles. The van der Waals surface area contributed by atoms with Crippen molar-refractivity contribution in [2.24, 2.45) is 11.1 Å². The quantitative estimate of drug-likeness (QED) is 0.835. The first-order valence-electron chi connectivity index (χ1n) is 5.98. The highest BCUT2D eigenvalue weighted by Gasteiger charge is 2.28. The number of benzene rings is 1. The molecule has 17 heavy (non-hydrogen) atoms. The average molecular weight is 241 g/mol. The molecule has 0 amide bonds. The summed E-state index contributed by atoms with van der Waals surface area (Å²) in [6.07, 6.45) is 0.641. The fourth-order valence-corrected chi connectivity index (χ4v) is 1.70.